The highest BCUT2D eigenvalue weighted by atomic mass is 35.5. The standard InChI is InChI=1S/C11H18ClNS/c1-7(2)5-10(12)6-11-13-8(3)9(4)14-11/h7,10H,5-6H2,1-4H3. The number of nitrogens with zero attached hydrogens (tertiary/aromatic N) is 1. The maximum Gasteiger partial charge on any atom is 0.0945 e. The molecule has 1 heterocycles. The maximum absolute atomic E-state index is 6.24. The quantitative estimate of drug-likeness (QED) is 0.715. The zero-order chi connectivity index (χ0) is 10.7. The SMILES string of the molecule is Cc1nc(CC(Cl)CC(C)C)sc1C. The Hall–Kier alpha value is -0.0800. The van der Waals surface area contributed by atoms with Crippen molar-refractivity contribution in [3.63, 3.8) is 0 Å². The molecule has 0 amide bonds. The maximum atomic E-state index is 6.24. The van der Waals surface area contributed by atoms with Crippen LogP contribution < -0.4 is 0 Å². The Morgan fingerprint density at radius 2 is 2.00 bits per heavy atom. The number of hydrogen-bond donors (Lipinski definition) is 0. The van der Waals surface area contributed by atoms with E-state index in [-0.39, 0.29) is 5.38 Å². The van der Waals surface area contributed by atoms with Crippen molar-refractivity contribution in [1.82, 2.24) is 4.98 Å². The molecule has 0 aliphatic heterocycles. The molecule has 0 N–H and O–H groups in total. The van der Waals surface area contributed by atoms with Gasteiger partial charge in [0, 0.05) is 16.7 Å². The Morgan fingerprint density at radius 3 is 2.43 bits per heavy atom. The molecule has 1 nitrogen and oxygen atoms in total. The number of hydrogen-bond acceptors (Lipinski definition) is 2. The zero-order valence-electron chi connectivity index (χ0n) is 9.30. The first-order chi connectivity index (χ1) is 6.49. The van der Waals surface area contributed by atoms with Gasteiger partial charge < -0.3 is 0 Å². The van der Waals surface area contributed by atoms with Crippen LogP contribution in [0.1, 0.15) is 35.8 Å². The monoisotopic (exact) mass is 231 g/mol. The largest absolute Gasteiger partial charge is 0.246 e. The number of halogens is 1. The smallest absolute Gasteiger partial charge is 0.0945 e. The summed E-state index contributed by atoms with van der Waals surface area (Å²) >= 11 is 8.01. The Morgan fingerprint density at radius 1 is 1.36 bits per heavy atom. The van der Waals surface area contributed by atoms with E-state index in [9.17, 15) is 0 Å². The third-order valence-electron chi connectivity index (χ3n) is 2.20. The fraction of sp³-hybridized carbons (Fsp3) is 0.727. The van der Waals surface area contributed by atoms with Gasteiger partial charge in [-0.3, -0.25) is 0 Å². The zero-order valence-corrected chi connectivity index (χ0v) is 10.9. The van der Waals surface area contributed by atoms with E-state index in [1.807, 2.05) is 0 Å². The topological polar surface area (TPSA) is 12.9 Å². The van der Waals surface area contributed by atoms with Crippen LogP contribution in [0.3, 0.4) is 0 Å². The molecule has 0 saturated heterocycles. The van der Waals surface area contributed by atoms with Gasteiger partial charge in [-0.05, 0) is 26.2 Å². The first-order valence-electron chi connectivity index (χ1n) is 5.06. The van der Waals surface area contributed by atoms with Gasteiger partial charge >= 0.3 is 0 Å². The minimum atomic E-state index is 0.236. The summed E-state index contributed by atoms with van der Waals surface area (Å²) in [4.78, 5) is 5.80. The third-order valence-corrected chi connectivity index (χ3v) is 3.62. The van der Waals surface area contributed by atoms with Crippen LogP contribution >= 0.6 is 22.9 Å². The molecule has 0 saturated carbocycles. The van der Waals surface area contributed by atoms with Crippen LogP contribution in [0, 0.1) is 19.8 Å². The molecule has 80 valence electrons. The van der Waals surface area contributed by atoms with E-state index >= 15 is 0 Å². The Balaban J connectivity index is 2.51. The van der Waals surface area contributed by atoms with Crippen molar-refractivity contribution in [3.8, 4) is 0 Å². The molecule has 0 aliphatic carbocycles. The van der Waals surface area contributed by atoms with Crippen LogP contribution in [0.15, 0.2) is 0 Å². The summed E-state index contributed by atoms with van der Waals surface area (Å²) in [5.74, 6) is 0.666. The summed E-state index contributed by atoms with van der Waals surface area (Å²) in [5.41, 5.74) is 1.15. The van der Waals surface area contributed by atoms with Crippen molar-refractivity contribution < 1.29 is 0 Å². The summed E-state index contributed by atoms with van der Waals surface area (Å²) in [7, 11) is 0. The molecule has 0 radical (unpaired) electrons. The summed E-state index contributed by atoms with van der Waals surface area (Å²) in [6, 6.07) is 0. The highest BCUT2D eigenvalue weighted by Gasteiger charge is 2.11. The van der Waals surface area contributed by atoms with Crippen molar-refractivity contribution in [2.45, 2.75) is 45.9 Å². The first kappa shape index (κ1) is 12.0. The fourth-order valence-corrected chi connectivity index (χ4v) is 3.02. The number of rotatable bonds is 4. The second kappa shape index (κ2) is 5.13. The van der Waals surface area contributed by atoms with Gasteiger partial charge in [0.05, 0.1) is 10.7 Å². The predicted octanol–water partition coefficient (Wildman–Crippen LogP) is 3.96. The highest BCUT2D eigenvalue weighted by molar-refractivity contribution is 7.11. The average Bonchev–Trinajstić information content (AvgIpc) is 2.28. The molecule has 1 aromatic heterocycles. The molecule has 1 unspecified atom stereocenters. The van der Waals surface area contributed by atoms with Gasteiger partial charge in [-0.25, -0.2) is 4.98 Å². The molecule has 1 rings (SSSR count). The molecular weight excluding hydrogens is 214 g/mol. The molecular formula is C11H18ClNS. The summed E-state index contributed by atoms with van der Waals surface area (Å²) in [5, 5.41) is 1.42. The Kier molecular flexibility index (Phi) is 4.39. The lowest BCUT2D eigenvalue weighted by Crippen LogP contribution is -2.06. The summed E-state index contributed by atoms with van der Waals surface area (Å²) in [6.07, 6.45) is 1.98. The number of aromatic nitrogens is 1. The first-order valence-corrected chi connectivity index (χ1v) is 6.31. The number of alkyl halides is 1. The van der Waals surface area contributed by atoms with E-state index in [0.717, 1.165) is 18.5 Å². The van der Waals surface area contributed by atoms with E-state index in [4.69, 9.17) is 11.6 Å². The van der Waals surface area contributed by atoms with E-state index < -0.39 is 0 Å². The highest BCUT2D eigenvalue weighted by Crippen LogP contribution is 2.21. The van der Waals surface area contributed by atoms with E-state index in [1.165, 1.54) is 9.88 Å². The Bertz CT molecular complexity index is 274. The van der Waals surface area contributed by atoms with Gasteiger partial charge in [-0.1, -0.05) is 13.8 Å². The van der Waals surface area contributed by atoms with Crippen molar-refractivity contribution in [3.05, 3.63) is 15.6 Å². The van der Waals surface area contributed by atoms with Crippen molar-refractivity contribution in [2.75, 3.05) is 0 Å². The van der Waals surface area contributed by atoms with Gasteiger partial charge in [-0.2, -0.15) is 0 Å². The van der Waals surface area contributed by atoms with Crippen LogP contribution in [-0.4, -0.2) is 10.4 Å². The summed E-state index contributed by atoms with van der Waals surface area (Å²) < 4.78 is 0. The lowest BCUT2D eigenvalue weighted by molar-refractivity contribution is 0.561. The van der Waals surface area contributed by atoms with E-state index in [1.54, 1.807) is 11.3 Å². The number of thiazole rings is 1. The average molecular weight is 232 g/mol. The lowest BCUT2D eigenvalue weighted by atomic mass is 10.1. The Labute approximate surface area is 95.5 Å². The minimum Gasteiger partial charge on any atom is -0.246 e. The van der Waals surface area contributed by atoms with Crippen LogP contribution in [-0.2, 0) is 6.42 Å². The van der Waals surface area contributed by atoms with Gasteiger partial charge in [0.15, 0.2) is 0 Å². The second-order valence-electron chi connectivity index (χ2n) is 4.18. The fourth-order valence-electron chi connectivity index (χ4n) is 1.41. The molecule has 0 bridgehead atoms. The molecule has 1 aromatic rings. The van der Waals surface area contributed by atoms with Gasteiger partial charge in [0.1, 0.15) is 0 Å². The van der Waals surface area contributed by atoms with Crippen molar-refractivity contribution in [1.29, 1.82) is 0 Å². The van der Waals surface area contributed by atoms with Crippen LogP contribution in [0.4, 0.5) is 0 Å². The summed E-state index contributed by atoms with van der Waals surface area (Å²) in [6.45, 7) is 8.57. The van der Waals surface area contributed by atoms with Crippen LogP contribution in [0.5, 0.6) is 0 Å². The molecule has 14 heavy (non-hydrogen) atoms. The molecule has 0 aromatic carbocycles. The van der Waals surface area contributed by atoms with Crippen LogP contribution in [0.2, 0.25) is 0 Å². The normalized spacial score (nSPS) is 13.6. The van der Waals surface area contributed by atoms with Gasteiger partial charge in [-0.15, -0.1) is 22.9 Å². The van der Waals surface area contributed by atoms with Crippen molar-refractivity contribution in [2.24, 2.45) is 5.92 Å². The molecule has 0 spiro atoms. The van der Waals surface area contributed by atoms with Crippen LogP contribution in [0.25, 0.3) is 0 Å². The van der Waals surface area contributed by atoms with Crippen molar-refractivity contribution >= 4 is 22.9 Å². The molecule has 3 heteroatoms. The van der Waals surface area contributed by atoms with E-state index in [2.05, 4.69) is 32.7 Å². The molecule has 1 atom stereocenters. The van der Waals surface area contributed by atoms with Gasteiger partial charge in [0.2, 0.25) is 0 Å². The molecule has 0 aliphatic rings. The van der Waals surface area contributed by atoms with Gasteiger partial charge in [0.25, 0.3) is 0 Å². The molecule has 0 fully saturated rings. The predicted molar refractivity (Wildman–Crippen MR) is 64.4 cm³/mol. The number of aryl methyl sites for hydroxylation is 2. The second-order valence-corrected chi connectivity index (χ2v) is 6.09. The lowest BCUT2D eigenvalue weighted by Gasteiger charge is -2.09. The van der Waals surface area contributed by atoms with E-state index in [0.29, 0.717) is 5.92 Å². The minimum absolute atomic E-state index is 0.236. The third kappa shape index (κ3) is 3.58.